The molecule has 1 fully saturated rings. The van der Waals surface area contributed by atoms with Gasteiger partial charge in [0.05, 0.1) is 48.1 Å². The maximum Gasteiger partial charge on any atom is 0.279 e. The van der Waals surface area contributed by atoms with E-state index in [1.165, 1.54) is 4.31 Å². The van der Waals surface area contributed by atoms with Gasteiger partial charge in [0, 0.05) is 7.05 Å². The maximum atomic E-state index is 12.7. The van der Waals surface area contributed by atoms with E-state index in [9.17, 15) is 13.2 Å². The van der Waals surface area contributed by atoms with E-state index >= 15 is 0 Å². The molecule has 27 heavy (non-hydrogen) atoms. The number of aryl methyl sites for hydroxylation is 2. The van der Waals surface area contributed by atoms with Crippen LogP contribution in [0.4, 0.5) is 5.69 Å². The molecule has 9 heteroatoms. The quantitative estimate of drug-likeness (QED) is 0.722. The first-order valence-electron chi connectivity index (χ1n) is 8.98. The van der Waals surface area contributed by atoms with Crippen molar-refractivity contribution < 1.29 is 18.1 Å². The second kappa shape index (κ2) is 7.79. The van der Waals surface area contributed by atoms with Crippen LogP contribution in [0.1, 0.15) is 11.4 Å². The highest BCUT2D eigenvalue weighted by Crippen LogP contribution is 2.18. The Bertz CT molecular complexity index is 916. The summed E-state index contributed by atoms with van der Waals surface area (Å²) in [7, 11) is -1.62. The molecule has 0 spiro atoms. The van der Waals surface area contributed by atoms with E-state index in [2.05, 4.69) is 10.4 Å². The predicted molar refractivity (Wildman–Crippen MR) is 102 cm³/mol. The molecule has 1 aromatic heterocycles. The van der Waals surface area contributed by atoms with E-state index in [0.717, 1.165) is 22.0 Å². The molecule has 2 aromatic rings. The molecule has 1 amide bonds. The summed E-state index contributed by atoms with van der Waals surface area (Å²) in [6, 6.07) is 8.47. The zero-order chi connectivity index (χ0) is 19.6. The normalized spacial score (nSPS) is 16.4. The van der Waals surface area contributed by atoms with Gasteiger partial charge >= 0.3 is 0 Å². The van der Waals surface area contributed by atoms with Gasteiger partial charge in [-0.3, -0.25) is 9.48 Å². The zero-order valence-corrected chi connectivity index (χ0v) is 16.7. The fourth-order valence-electron chi connectivity index (χ4n) is 3.33. The molecule has 1 aliphatic rings. The monoisotopic (exact) mass is 392 g/mol. The van der Waals surface area contributed by atoms with Crippen molar-refractivity contribution in [2.24, 2.45) is 7.05 Å². The van der Waals surface area contributed by atoms with E-state index in [1.807, 2.05) is 20.9 Å². The smallest absolute Gasteiger partial charge is 0.279 e. The van der Waals surface area contributed by atoms with Gasteiger partial charge < -0.3 is 10.2 Å². The van der Waals surface area contributed by atoms with Crippen LogP contribution in [0.25, 0.3) is 0 Å². The summed E-state index contributed by atoms with van der Waals surface area (Å²) in [5, 5.41) is 7.24. The molecular formula is C18H26N5O3S+. The first-order chi connectivity index (χ1) is 12.8. The first kappa shape index (κ1) is 19.5. The van der Waals surface area contributed by atoms with Gasteiger partial charge in [-0.05, 0) is 26.0 Å². The summed E-state index contributed by atoms with van der Waals surface area (Å²) in [6.45, 7) is 6.11. The lowest BCUT2D eigenvalue weighted by molar-refractivity contribution is -0.895. The summed E-state index contributed by atoms with van der Waals surface area (Å²) in [5.74, 6) is -0.0800. The number of rotatable bonds is 5. The van der Waals surface area contributed by atoms with Gasteiger partial charge in [0.25, 0.3) is 5.91 Å². The number of anilines is 1. The topological polar surface area (TPSA) is 88.7 Å². The molecule has 2 heterocycles. The zero-order valence-electron chi connectivity index (χ0n) is 15.9. The van der Waals surface area contributed by atoms with Crippen LogP contribution < -0.4 is 10.2 Å². The molecule has 0 aliphatic carbocycles. The van der Waals surface area contributed by atoms with Gasteiger partial charge in [-0.2, -0.15) is 9.40 Å². The Kier molecular flexibility index (Phi) is 5.64. The van der Waals surface area contributed by atoms with Gasteiger partial charge in [0.2, 0.25) is 10.0 Å². The van der Waals surface area contributed by atoms with Crippen molar-refractivity contribution in [3.8, 4) is 0 Å². The third-order valence-corrected chi connectivity index (χ3v) is 6.91. The van der Waals surface area contributed by atoms with Gasteiger partial charge in [-0.25, -0.2) is 8.42 Å². The Morgan fingerprint density at radius 3 is 2.37 bits per heavy atom. The number of nitrogens with one attached hydrogen (secondary N) is 2. The number of carbonyl (C=O) groups excluding carboxylic acids is 1. The second-order valence-electron chi connectivity index (χ2n) is 6.86. The summed E-state index contributed by atoms with van der Waals surface area (Å²) in [5.41, 5.74) is 2.46. The Balaban J connectivity index is 1.56. The van der Waals surface area contributed by atoms with Crippen LogP contribution in [-0.4, -0.2) is 61.1 Å². The van der Waals surface area contributed by atoms with E-state index in [1.54, 1.807) is 35.0 Å². The molecule has 0 unspecified atom stereocenters. The average molecular weight is 393 g/mol. The minimum absolute atomic E-state index is 0.0800. The summed E-state index contributed by atoms with van der Waals surface area (Å²) < 4.78 is 28.6. The number of sulfonamides is 1. The van der Waals surface area contributed by atoms with E-state index in [4.69, 9.17) is 0 Å². The standard InChI is InChI=1S/C18H25N5O3S/c1-14-18(15(2)21(3)20-14)19-17(24)13-22-9-11-23(12-10-22)27(25,26)16-7-5-4-6-8-16/h4-8H,9-13H2,1-3H3,(H,19,24)/p+1. The predicted octanol–water partition coefficient (Wildman–Crippen LogP) is -0.435. The fraction of sp³-hybridized carbons (Fsp3) is 0.444. The summed E-state index contributed by atoms with van der Waals surface area (Å²) in [4.78, 5) is 13.8. The largest absolute Gasteiger partial charge is 0.325 e. The molecule has 8 nitrogen and oxygen atoms in total. The van der Waals surface area contributed by atoms with Crippen LogP contribution in [0.15, 0.2) is 35.2 Å². The summed E-state index contributed by atoms with van der Waals surface area (Å²) >= 11 is 0. The van der Waals surface area contributed by atoms with E-state index in [0.29, 0.717) is 37.6 Å². The van der Waals surface area contributed by atoms with Crippen molar-refractivity contribution in [1.29, 1.82) is 0 Å². The molecule has 3 rings (SSSR count). The van der Waals surface area contributed by atoms with Crippen LogP contribution in [0.5, 0.6) is 0 Å². The average Bonchev–Trinajstić information content (AvgIpc) is 2.89. The Labute approximate surface area is 159 Å². The summed E-state index contributed by atoms with van der Waals surface area (Å²) in [6.07, 6.45) is 0. The molecule has 146 valence electrons. The van der Waals surface area contributed by atoms with Crippen molar-refractivity contribution in [3.63, 3.8) is 0 Å². The van der Waals surface area contributed by atoms with Crippen LogP contribution >= 0.6 is 0 Å². The highest BCUT2D eigenvalue weighted by atomic mass is 32.2. The van der Waals surface area contributed by atoms with E-state index < -0.39 is 10.0 Å². The number of benzene rings is 1. The number of piperazine rings is 1. The molecular weight excluding hydrogens is 366 g/mol. The second-order valence-corrected chi connectivity index (χ2v) is 8.80. The highest BCUT2D eigenvalue weighted by Gasteiger charge is 2.31. The Hall–Kier alpha value is -2.23. The third kappa shape index (κ3) is 4.20. The minimum Gasteiger partial charge on any atom is -0.325 e. The number of nitrogens with zero attached hydrogens (tertiary/aromatic N) is 3. The Morgan fingerprint density at radius 2 is 1.81 bits per heavy atom. The SMILES string of the molecule is Cc1nn(C)c(C)c1NC(=O)C[NH+]1CCN(S(=O)(=O)c2ccccc2)CC1. The van der Waals surface area contributed by atoms with Crippen LogP contribution in [0.3, 0.4) is 0 Å². The van der Waals surface area contributed by atoms with Crippen molar-refractivity contribution in [1.82, 2.24) is 14.1 Å². The molecule has 0 atom stereocenters. The third-order valence-electron chi connectivity index (χ3n) is 4.99. The fourth-order valence-corrected chi connectivity index (χ4v) is 4.79. The van der Waals surface area contributed by atoms with E-state index in [-0.39, 0.29) is 5.91 Å². The van der Waals surface area contributed by atoms with Gasteiger partial charge in [-0.1, -0.05) is 18.2 Å². The van der Waals surface area contributed by atoms with Crippen molar-refractivity contribution in [2.75, 3.05) is 38.0 Å². The van der Waals surface area contributed by atoms with Crippen LogP contribution in [0.2, 0.25) is 0 Å². The number of amides is 1. The van der Waals surface area contributed by atoms with Gasteiger partial charge in [0.15, 0.2) is 6.54 Å². The molecule has 0 bridgehead atoms. The number of quaternary nitrogens is 1. The molecule has 0 saturated carbocycles. The van der Waals surface area contributed by atoms with Crippen molar-refractivity contribution >= 4 is 21.6 Å². The van der Waals surface area contributed by atoms with Crippen LogP contribution in [0, 0.1) is 13.8 Å². The maximum absolute atomic E-state index is 12.7. The number of aromatic nitrogens is 2. The Morgan fingerprint density at radius 1 is 1.19 bits per heavy atom. The molecule has 1 saturated heterocycles. The van der Waals surface area contributed by atoms with Crippen molar-refractivity contribution in [2.45, 2.75) is 18.7 Å². The number of hydrogen-bond acceptors (Lipinski definition) is 4. The van der Waals surface area contributed by atoms with Gasteiger partial charge in [0.1, 0.15) is 0 Å². The molecule has 0 radical (unpaired) electrons. The molecule has 1 aliphatic heterocycles. The molecule has 1 aromatic carbocycles. The number of hydrogen-bond donors (Lipinski definition) is 2. The van der Waals surface area contributed by atoms with Crippen molar-refractivity contribution in [3.05, 3.63) is 41.7 Å². The van der Waals surface area contributed by atoms with Gasteiger partial charge in [-0.15, -0.1) is 0 Å². The molecule has 2 N–H and O–H groups in total. The lowest BCUT2D eigenvalue weighted by Gasteiger charge is -2.31. The first-order valence-corrected chi connectivity index (χ1v) is 10.4. The van der Waals surface area contributed by atoms with Crippen LogP contribution in [-0.2, 0) is 21.9 Å². The number of carbonyl (C=O) groups is 1. The lowest BCUT2D eigenvalue weighted by atomic mass is 10.3. The highest BCUT2D eigenvalue weighted by molar-refractivity contribution is 7.89. The lowest BCUT2D eigenvalue weighted by Crippen LogP contribution is -3.15. The minimum atomic E-state index is -3.46.